The maximum Gasteiger partial charge on any atom is 0.169 e. The fourth-order valence-corrected chi connectivity index (χ4v) is 2.77. The third kappa shape index (κ3) is 1.60. The summed E-state index contributed by atoms with van der Waals surface area (Å²) in [4.78, 5) is 0. The SMILES string of the molecule is Cc1nnc(-c2cnn(C)c2N)n1C1CCCC1. The quantitative estimate of drug-likeness (QED) is 0.875. The predicted octanol–water partition coefficient (Wildman–Crippen LogP) is 1.68. The predicted molar refractivity (Wildman–Crippen MR) is 68.9 cm³/mol. The Hall–Kier alpha value is -1.85. The third-order valence-corrected chi connectivity index (χ3v) is 3.78. The Morgan fingerprint density at radius 1 is 1.28 bits per heavy atom. The minimum absolute atomic E-state index is 0.509. The standard InChI is InChI=1S/C12H18N6/c1-8-15-16-12(10-7-14-17(2)11(10)13)18(8)9-5-3-4-6-9/h7,9H,3-6,13H2,1-2H3. The molecule has 2 aromatic rings. The maximum absolute atomic E-state index is 6.03. The zero-order valence-electron chi connectivity index (χ0n) is 10.8. The average molecular weight is 246 g/mol. The van der Waals surface area contributed by atoms with E-state index in [2.05, 4.69) is 19.9 Å². The van der Waals surface area contributed by atoms with Crippen molar-refractivity contribution < 1.29 is 0 Å². The lowest BCUT2D eigenvalue weighted by atomic mass is 10.2. The second kappa shape index (κ2) is 4.12. The Balaban J connectivity index is 2.10. The Bertz CT molecular complexity index is 561. The van der Waals surface area contributed by atoms with Crippen LogP contribution in [0.3, 0.4) is 0 Å². The molecule has 0 radical (unpaired) electrons. The van der Waals surface area contributed by atoms with Crippen molar-refractivity contribution in [1.82, 2.24) is 24.5 Å². The largest absolute Gasteiger partial charge is 0.383 e. The van der Waals surface area contributed by atoms with Gasteiger partial charge in [0.15, 0.2) is 5.82 Å². The molecule has 0 aliphatic heterocycles. The number of nitrogen functional groups attached to an aromatic ring is 1. The Morgan fingerprint density at radius 3 is 2.61 bits per heavy atom. The van der Waals surface area contributed by atoms with Crippen molar-refractivity contribution in [2.45, 2.75) is 38.6 Å². The Kier molecular flexibility index (Phi) is 2.57. The first-order chi connectivity index (χ1) is 8.68. The minimum Gasteiger partial charge on any atom is -0.383 e. The summed E-state index contributed by atoms with van der Waals surface area (Å²) >= 11 is 0. The summed E-state index contributed by atoms with van der Waals surface area (Å²) in [6.07, 6.45) is 6.73. The summed E-state index contributed by atoms with van der Waals surface area (Å²) < 4.78 is 3.89. The second-order valence-electron chi connectivity index (χ2n) is 4.95. The van der Waals surface area contributed by atoms with E-state index in [9.17, 15) is 0 Å². The lowest BCUT2D eigenvalue weighted by Gasteiger charge is -2.15. The fourth-order valence-electron chi connectivity index (χ4n) is 2.77. The van der Waals surface area contributed by atoms with E-state index in [1.165, 1.54) is 25.7 Å². The van der Waals surface area contributed by atoms with E-state index in [1.807, 2.05) is 14.0 Å². The van der Waals surface area contributed by atoms with Crippen molar-refractivity contribution in [2.24, 2.45) is 7.05 Å². The number of nitrogens with zero attached hydrogens (tertiary/aromatic N) is 5. The zero-order valence-corrected chi connectivity index (χ0v) is 10.8. The van der Waals surface area contributed by atoms with Gasteiger partial charge in [-0.15, -0.1) is 10.2 Å². The van der Waals surface area contributed by atoms with Crippen LogP contribution in [0.1, 0.15) is 37.5 Å². The second-order valence-corrected chi connectivity index (χ2v) is 4.95. The minimum atomic E-state index is 0.509. The van der Waals surface area contributed by atoms with Crippen molar-refractivity contribution in [3.63, 3.8) is 0 Å². The van der Waals surface area contributed by atoms with Crippen LogP contribution in [0.5, 0.6) is 0 Å². The first-order valence-electron chi connectivity index (χ1n) is 6.38. The average Bonchev–Trinajstić information content (AvgIpc) is 3.03. The fraction of sp³-hybridized carbons (Fsp3) is 0.583. The number of hydrogen-bond acceptors (Lipinski definition) is 4. The Labute approximate surface area is 106 Å². The van der Waals surface area contributed by atoms with Crippen LogP contribution in [-0.4, -0.2) is 24.5 Å². The first-order valence-corrected chi connectivity index (χ1v) is 6.38. The molecule has 2 N–H and O–H groups in total. The highest BCUT2D eigenvalue weighted by atomic mass is 15.3. The molecule has 0 spiro atoms. The number of nitrogens with two attached hydrogens (primary N) is 1. The molecule has 2 aromatic heterocycles. The van der Waals surface area contributed by atoms with Gasteiger partial charge in [0.2, 0.25) is 0 Å². The molecule has 0 bridgehead atoms. The molecule has 0 aromatic carbocycles. The molecule has 6 heteroatoms. The van der Waals surface area contributed by atoms with Gasteiger partial charge in [0.25, 0.3) is 0 Å². The molecule has 1 saturated carbocycles. The van der Waals surface area contributed by atoms with Crippen molar-refractivity contribution in [2.75, 3.05) is 5.73 Å². The first kappa shape index (κ1) is 11.3. The van der Waals surface area contributed by atoms with Crippen LogP contribution in [-0.2, 0) is 7.05 Å². The maximum atomic E-state index is 6.03. The summed E-state index contributed by atoms with van der Waals surface area (Å²) in [6, 6.07) is 0.509. The number of rotatable bonds is 2. The van der Waals surface area contributed by atoms with Gasteiger partial charge in [0.1, 0.15) is 11.6 Å². The third-order valence-electron chi connectivity index (χ3n) is 3.78. The van der Waals surface area contributed by atoms with Crippen molar-refractivity contribution in [3.8, 4) is 11.4 Å². The molecule has 1 aliphatic rings. The van der Waals surface area contributed by atoms with Gasteiger partial charge in [-0.3, -0.25) is 4.68 Å². The van der Waals surface area contributed by atoms with E-state index in [0.717, 1.165) is 17.2 Å². The molecule has 6 nitrogen and oxygen atoms in total. The zero-order chi connectivity index (χ0) is 12.7. The van der Waals surface area contributed by atoms with E-state index in [-0.39, 0.29) is 0 Å². The number of hydrogen-bond donors (Lipinski definition) is 1. The van der Waals surface area contributed by atoms with Gasteiger partial charge in [-0.2, -0.15) is 5.10 Å². The molecule has 0 atom stereocenters. The summed E-state index contributed by atoms with van der Waals surface area (Å²) in [5.41, 5.74) is 6.91. The van der Waals surface area contributed by atoms with Crippen LogP contribution in [0, 0.1) is 6.92 Å². The van der Waals surface area contributed by atoms with E-state index in [4.69, 9.17) is 5.73 Å². The summed E-state index contributed by atoms with van der Waals surface area (Å²) in [5.74, 6) is 2.45. The van der Waals surface area contributed by atoms with E-state index in [1.54, 1.807) is 10.9 Å². The van der Waals surface area contributed by atoms with Crippen LogP contribution in [0.25, 0.3) is 11.4 Å². The van der Waals surface area contributed by atoms with Crippen molar-refractivity contribution in [3.05, 3.63) is 12.0 Å². The van der Waals surface area contributed by atoms with Gasteiger partial charge >= 0.3 is 0 Å². The highest BCUT2D eigenvalue weighted by molar-refractivity contribution is 5.68. The molecule has 0 saturated heterocycles. The van der Waals surface area contributed by atoms with Crippen LogP contribution in [0.2, 0.25) is 0 Å². The summed E-state index contributed by atoms with van der Waals surface area (Å²) in [7, 11) is 1.84. The van der Waals surface area contributed by atoms with Crippen molar-refractivity contribution >= 4 is 5.82 Å². The van der Waals surface area contributed by atoms with E-state index >= 15 is 0 Å². The smallest absolute Gasteiger partial charge is 0.169 e. The van der Waals surface area contributed by atoms with Crippen LogP contribution in [0.4, 0.5) is 5.82 Å². The molecule has 96 valence electrons. The van der Waals surface area contributed by atoms with Gasteiger partial charge in [-0.05, 0) is 19.8 Å². The highest BCUT2D eigenvalue weighted by Gasteiger charge is 2.24. The van der Waals surface area contributed by atoms with Gasteiger partial charge in [-0.1, -0.05) is 12.8 Å². The topological polar surface area (TPSA) is 74.6 Å². The molecule has 3 rings (SSSR count). The molecular formula is C12H18N6. The summed E-state index contributed by atoms with van der Waals surface area (Å²) in [6.45, 7) is 2.00. The molecule has 0 unspecified atom stereocenters. The van der Waals surface area contributed by atoms with Crippen molar-refractivity contribution in [1.29, 1.82) is 0 Å². The van der Waals surface area contributed by atoms with Crippen LogP contribution >= 0.6 is 0 Å². The molecule has 2 heterocycles. The van der Waals surface area contributed by atoms with Crippen LogP contribution < -0.4 is 5.73 Å². The Morgan fingerprint density at radius 2 is 2.00 bits per heavy atom. The number of aryl methyl sites for hydroxylation is 2. The molecule has 1 aliphatic carbocycles. The molecule has 1 fully saturated rings. The molecule has 18 heavy (non-hydrogen) atoms. The van der Waals surface area contributed by atoms with Crippen LogP contribution in [0.15, 0.2) is 6.20 Å². The van der Waals surface area contributed by atoms with Gasteiger partial charge < -0.3 is 10.3 Å². The van der Waals surface area contributed by atoms with Gasteiger partial charge in [0.05, 0.1) is 11.8 Å². The monoisotopic (exact) mass is 246 g/mol. The highest BCUT2D eigenvalue weighted by Crippen LogP contribution is 2.34. The lowest BCUT2D eigenvalue weighted by molar-refractivity contribution is 0.510. The molecule has 0 amide bonds. The normalized spacial score (nSPS) is 16.6. The summed E-state index contributed by atoms with van der Waals surface area (Å²) in [5, 5.41) is 12.7. The van der Waals surface area contributed by atoms with Gasteiger partial charge in [-0.25, -0.2) is 0 Å². The van der Waals surface area contributed by atoms with E-state index in [0.29, 0.717) is 11.9 Å². The molecular weight excluding hydrogens is 228 g/mol. The van der Waals surface area contributed by atoms with Gasteiger partial charge in [0, 0.05) is 13.1 Å². The number of aromatic nitrogens is 5. The van der Waals surface area contributed by atoms with E-state index < -0.39 is 0 Å². The lowest BCUT2D eigenvalue weighted by Crippen LogP contribution is -2.09. The number of anilines is 1.